The lowest BCUT2D eigenvalue weighted by Crippen LogP contribution is -2.30. The summed E-state index contributed by atoms with van der Waals surface area (Å²) in [5, 5.41) is 2.07. The molecule has 9 aromatic rings. The van der Waals surface area contributed by atoms with Crippen molar-refractivity contribution in [3.8, 4) is 50.2 Å². The zero-order valence-electron chi connectivity index (χ0n) is 30.1. The zero-order chi connectivity index (χ0) is 37.8. The molecule has 10 rings (SSSR count). The Bertz CT molecular complexity index is 2990. The molecule has 0 atom stereocenters. The van der Waals surface area contributed by atoms with Gasteiger partial charge in [0.1, 0.15) is 0 Å². The van der Waals surface area contributed by atoms with Crippen LogP contribution in [-0.2, 0) is 0 Å². The maximum atomic E-state index is 15.3. The number of para-hydroxylation sites is 1. The molecule has 5 heteroatoms. The van der Waals surface area contributed by atoms with Crippen molar-refractivity contribution < 1.29 is 9.59 Å². The van der Waals surface area contributed by atoms with Gasteiger partial charge in [0.15, 0.2) is 5.69 Å². The summed E-state index contributed by atoms with van der Waals surface area (Å²) < 4.78 is 2.11. The fraction of sp³-hybridized carbons (Fsp3) is 0. The molecule has 5 nitrogen and oxygen atoms in total. The third-order valence-electron chi connectivity index (χ3n) is 10.7. The highest BCUT2D eigenvalue weighted by Crippen LogP contribution is 2.47. The van der Waals surface area contributed by atoms with Gasteiger partial charge in [-0.3, -0.25) is 9.59 Å². The Kier molecular flexibility index (Phi) is 7.76. The van der Waals surface area contributed by atoms with Crippen molar-refractivity contribution in [2.45, 2.75) is 0 Å². The maximum absolute atomic E-state index is 15.3. The standard InChI is InChI=1S/C51H31N3O2/c1-52-39-27-24-34(25-28-39)37-26-29-41-40-20-11-12-22-45(40)53(47(41)32-37)46-23-13-21-42-48(46)51(56)54(50(42)55)49-43(35-16-7-3-8-17-35)30-38(33-14-5-2-6-15-33)31-44(49)36-18-9-4-10-19-36/h2-32H. The molecule has 0 saturated heterocycles. The normalized spacial score (nSPS) is 12.3. The Labute approximate surface area is 323 Å². The number of hydrogen-bond acceptors (Lipinski definition) is 2. The summed E-state index contributed by atoms with van der Waals surface area (Å²) in [6.45, 7) is 7.40. The van der Waals surface area contributed by atoms with Gasteiger partial charge in [-0.05, 0) is 69.8 Å². The van der Waals surface area contributed by atoms with E-state index in [9.17, 15) is 4.79 Å². The van der Waals surface area contributed by atoms with E-state index in [1.807, 2.05) is 127 Å². The highest BCUT2D eigenvalue weighted by atomic mass is 16.2. The summed E-state index contributed by atoms with van der Waals surface area (Å²) >= 11 is 0. The van der Waals surface area contributed by atoms with Gasteiger partial charge in [-0.15, -0.1) is 0 Å². The highest BCUT2D eigenvalue weighted by Gasteiger charge is 2.41. The van der Waals surface area contributed by atoms with Gasteiger partial charge < -0.3 is 4.57 Å². The first-order chi connectivity index (χ1) is 27.6. The van der Waals surface area contributed by atoms with Crippen LogP contribution in [0.1, 0.15) is 20.7 Å². The third kappa shape index (κ3) is 5.24. The molecule has 8 aromatic carbocycles. The van der Waals surface area contributed by atoms with Crippen LogP contribution in [0.15, 0.2) is 188 Å². The molecule has 2 amide bonds. The minimum Gasteiger partial charge on any atom is -0.308 e. The number of fused-ring (bicyclic) bond motifs is 4. The van der Waals surface area contributed by atoms with Crippen LogP contribution in [-0.4, -0.2) is 16.4 Å². The number of hydrogen-bond donors (Lipinski definition) is 0. The first-order valence-corrected chi connectivity index (χ1v) is 18.5. The molecular weight excluding hydrogens is 687 g/mol. The molecule has 0 bridgehead atoms. The fourth-order valence-corrected chi connectivity index (χ4v) is 8.14. The molecule has 0 N–H and O–H groups in total. The number of amides is 2. The third-order valence-corrected chi connectivity index (χ3v) is 10.7. The number of carbonyl (C=O) groups excluding carboxylic acids is 2. The van der Waals surface area contributed by atoms with Crippen LogP contribution in [0.4, 0.5) is 11.4 Å². The minimum atomic E-state index is -0.376. The summed E-state index contributed by atoms with van der Waals surface area (Å²) in [5.41, 5.74) is 11.7. The molecule has 1 aliphatic heterocycles. The van der Waals surface area contributed by atoms with Crippen LogP contribution < -0.4 is 4.90 Å². The van der Waals surface area contributed by atoms with Crippen molar-refractivity contribution in [3.63, 3.8) is 0 Å². The predicted molar refractivity (Wildman–Crippen MR) is 226 cm³/mol. The highest BCUT2D eigenvalue weighted by molar-refractivity contribution is 6.37. The Balaban J connectivity index is 1.21. The van der Waals surface area contributed by atoms with E-state index in [0.29, 0.717) is 28.2 Å². The molecule has 0 saturated carbocycles. The van der Waals surface area contributed by atoms with Crippen molar-refractivity contribution in [3.05, 3.63) is 211 Å². The number of rotatable bonds is 6. The van der Waals surface area contributed by atoms with E-state index < -0.39 is 0 Å². The largest absolute Gasteiger partial charge is 0.308 e. The number of carbonyl (C=O) groups is 2. The number of anilines is 1. The average molecular weight is 718 g/mol. The monoisotopic (exact) mass is 717 g/mol. The van der Waals surface area contributed by atoms with Crippen molar-refractivity contribution >= 4 is 45.0 Å². The molecule has 2 heterocycles. The summed E-state index contributed by atoms with van der Waals surface area (Å²) in [5.74, 6) is -0.741. The second-order valence-electron chi connectivity index (χ2n) is 13.9. The van der Waals surface area contributed by atoms with E-state index in [-0.39, 0.29) is 11.8 Å². The van der Waals surface area contributed by atoms with Gasteiger partial charge in [0, 0.05) is 21.9 Å². The summed E-state index contributed by atoms with van der Waals surface area (Å²) in [4.78, 5) is 35.2. The molecule has 0 radical (unpaired) electrons. The topological polar surface area (TPSA) is 46.7 Å². The molecule has 0 spiro atoms. The van der Waals surface area contributed by atoms with E-state index in [2.05, 4.69) is 64.0 Å². The van der Waals surface area contributed by atoms with Crippen LogP contribution in [0.25, 0.3) is 76.8 Å². The lowest BCUT2D eigenvalue weighted by Gasteiger charge is -2.24. The van der Waals surface area contributed by atoms with Gasteiger partial charge in [0.25, 0.3) is 11.8 Å². The Morgan fingerprint density at radius 1 is 0.411 bits per heavy atom. The Morgan fingerprint density at radius 3 is 1.61 bits per heavy atom. The Morgan fingerprint density at radius 2 is 0.964 bits per heavy atom. The Hall–Kier alpha value is -7.81. The van der Waals surface area contributed by atoms with Crippen LogP contribution in [0.3, 0.4) is 0 Å². The van der Waals surface area contributed by atoms with E-state index in [4.69, 9.17) is 6.57 Å². The molecular formula is C51H31N3O2. The maximum Gasteiger partial charge on any atom is 0.268 e. The second-order valence-corrected chi connectivity index (χ2v) is 13.9. The van der Waals surface area contributed by atoms with E-state index in [1.54, 1.807) is 6.07 Å². The first kappa shape index (κ1) is 32.8. The number of benzene rings is 8. The molecule has 0 aliphatic carbocycles. The molecule has 1 aliphatic rings. The SMILES string of the molecule is [C-]#[N+]c1ccc(-c2ccc3c4ccccc4n(-c4cccc5c4C(=O)N(c4c(-c6ccccc6)cc(-c6ccccc6)cc4-c4ccccc4)C5=O)c3c2)cc1. The van der Waals surface area contributed by atoms with Crippen LogP contribution in [0.2, 0.25) is 0 Å². The number of aromatic nitrogens is 1. The van der Waals surface area contributed by atoms with Gasteiger partial charge in [-0.25, -0.2) is 9.74 Å². The van der Waals surface area contributed by atoms with Gasteiger partial charge in [-0.2, -0.15) is 0 Å². The predicted octanol–water partition coefficient (Wildman–Crippen LogP) is 12.8. The van der Waals surface area contributed by atoms with Gasteiger partial charge in [0.2, 0.25) is 0 Å². The summed E-state index contributed by atoms with van der Waals surface area (Å²) in [6.07, 6.45) is 0. The molecule has 262 valence electrons. The van der Waals surface area contributed by atoms with E-state index in [1.165, 1.54) is 4.90 Å². The van der Waals surface area contributed by atoms with Gasteiger partial charge in [0.05, 0.1) is 40.1 Å². The van der Waals surface area contributed by atoms with Crippen LogP contribution in [0.5, 0.6) is 0 Å². The number of imide groups is 1. The molecule has 0 unspecified atom stereocenters. The molecule has 1 aromatic heterocycles. The summed E-state index contributed by atoms with van der Waals surface area (Å²) in [6, 6.07) is 61.9. The van der Waals surface area contributed by atoms with Crippen molar-refractivity contribution in [1.29, 1.82) is 0 Å². The average Bonchev–Trinajstić information content (AvgIpc) is 3.73. The molecule has 0 fully saturated rings. The van der Waals surface area contributed by atoms with Crippen molar-refractivity contribution in [2.75, 3.05) is 4.90 Å². The molecule has 56 heavy (non-hydrogen) atoms. The van der Waals surface area contributed by atoms with Gasteiger partial charge in [-0.1, -0.05) is 152 Å². The van der Waals surface area contributed by atoms with Gasteiger partial charge >= 0.3 is 0 Å². The quantitative estimate of drug-likeness (QED) is 0.127. The lowest BCUT2D eigenvalue weighted by molar-refractivity contribution is 0.0926. The number of nitrogens with zero attached hydrogens (tertiary/aromatic N) is 3. The van der Waals surface area contributed by atoms with E-state index in [0.717, 1.165) is 66.3 Å². The van der Waals surface area contributed by atoms with Crippen LogP contribution >= 0.6 is 0 Å². The summed E-state index contributed by atoms with van der Waals surface area (Å²) in [7, 11) is 0. The first-order valence-electron chi connectivity index (χ1n) is 18.5. The zero-order valence-corrected chi connectivity index (χ0v) is 30.1. The van der Waals surface area contributed by atoms with Crippen LogP contribution in [0, 0.1) is 6.57 Å². The minimum absolute atomic E-state index is 0.356. The van der Waals surface area contributed by atoms with Crippen molar-refractivity contribution in [2.24, 2.45) is 0 Å². The van der Waals surface area contributed by atoms with E-state index >= 15 is 4.79 Å². The smallest absolute Gasteiger partial charge is 0.268 e. The lowest BCUT2D eigenvalue weighted by atomic mass is 9.90. The fourth-order valence-electron chi connectivity index (χ4n) is 8.14. The van der Waals surface area contributed by atoms with Crippen molar-refractivity contribution in [1.82, 2.24) is 4.57 Å². The second kappa shape index (κ2) is 13.2.